The highest BCUT2D eigenvalue weighted by Gasteiger charge is 2.29. The molecule has 1 rings (SSSR count). The maximum Gasteiger partial charge on any atom is 0.220 e. The van der Waals surface area contributed by atoms with Gasteiger partial charge in [0.2, 0.25) is 5.91 Å². The Labute approximate surface area is 74.1 Å². The van der Waals surface area contributed by atoms with E-state index in [4.69, 9.17) is 5.73 Å². The molecule has 0 unspecified atom stereocenters. The normalized spacial score (nSPS) is 38.5. The molecular weight excluding hydrogens is 210 g/mol. The van der Waals surface area contributed by atoms with Gasteiger partial charge in [-0.15, -0.1) is 0 Å². The van der Waals surface area contributed by atoms with Crippen LogP contribution in [-0.2, 0) is 4.79 Å². The quantitative estimate of drug-likeness (QED) is 0.630. The molecule has 1 saturated carbocycles. The molecule has 1 fully saturated rings. The predicted molar refractivity (Wildman–Crippen MR) is 45.3 cm³/mol. The molecule has 0 aliphatic heterocycles. The van der Waals surface area contributed by atoms with Crippen molar-refractivity contribution >= 4 is 21.8 Å². The van der Waals surface area contributed by atoms with E-state index >= 15 is 0 Å². The van der Waals surface area contributed by atoms with Crippen molar-refractivity contribution in [1.82, 2.24) is 0 Å². The molecule has 1 amide bonds. The zero-order chi connectivity index (χ0) is 8.43. The summed E-state index contributed by atoms with van der Waals surface area (Å²) >= 11 is 3.33. The van der Waals surface area contributed by atoms with E-state index in [9.17, 15) is 9.90 Å². The summed E-state index contributed by atoms with van der Waals surface area (Å²) in [6.07, 6.45) is 1.71. The summed E-state index contributed by atoms with van der Waals surface area (Å²) in [5.74, 6) is -0.415. The molecule has 1 aliphatic rings. The molecule has 0 aromatic carbocycles. The van der Waals surface area contributed by atoms with Gasteiger partial charge in [-0.2, -0.15) is 0 Å². The molecule has 0 bridgehead atoms. The van der Waals surface area contributed by atoms with E-state index < -0.39 is 6.10 Å². The number of alkyl halides is 1. The van der Waals surface area contributed by atoms with Crippen LogP contribution in [0.3, 0.4) is 0 Å². The van der Waals surface area contributed by atoms with Crippen molar-refractivity contribution < 1.29 is 9.90 Å². The van der Waals surface area contributed by atoms with E-state index in [0.29, 0.717) is 6.42 Å². The first-order valence-electron chi connectivity index (χ1n) is 3.72. The lowest BCUT2D eigenvalue weighted by Crippen LogP contribution is -2.35. The molecule has 3 nitrogen and oxygen atoms in total. The second-order valence-corrected chi connectivity index (χ2v) is 4.17. The van der Waals surface area contributed by atoms with E-state index in [1.807, 2.05) is 0 Å². The Bertz CT molecular complexity index is 163. The molecule has 11 heavy (non-hydrogen) atoms. The molecule has 0 heterocycles. The van der Waals surface area contributed by atoms with Gasteiger partial charge >= 0.3 is 0 Å². The first kappa shape index (κ1) is 9.00. The van der Waals surface area contributed by atoms with Gasteiger partial charge in [-0.25, -0.2) is 0 Å². The van der Waals surface area contributed by atoms with Crippen LogP contribution >= 0.6 is 15.9 Å². The van der Waals surface area contributed by atoms with Gasteiger partial charge in [0.25, 0.3) is 0 Å². The van der Waals surface area contributed by atoms with Crippen LogP contribution in [0, 0.1) is 5.92 Å². The van der Waals surface area contributed by atoms with E-state index in [1.54, 1.807) is 0 Å². The number of aliphatic hydroxyl groups excluding tert-OH is 1. The number of aliphatic hydroxyl groups is 1. The van der Waals surface area contributed by atoms with Crippen LogP contribution in [0.25, 0.3) is 0 Å². The van der Waals surface area contributed by atoms with Crippen LogP contribution < -0.4 is 5.73 Å². The summed E-state index contributed by atoms with van der Waals surface area (Å²) in [7, 11) is 0. The Hall–Kier alpha value is -0.0900. The van der Waals surface area contributed by atoms with E-state index in [-0.39, 0.29) is 16.7 Å². The zero-order valence-electron chi connectivity index (χ0n) is 6.16. The van der Waals surface area contributed by atoms with Gasteiger partial charge in [-0.05, 0) is 19.3 Å². The Kier molecular flexibility index (Phi) is 2.90. The fourth-order valence-corrected chi connectivity index (χ4v) is 1.85. The first-order chi connectivity index (χ1) is 5.11. The van der Waals surface area contributed by atoms with Crippen LogP contribution in [0.2, 0.25) is 0 Å². The highest BCUT2D eigenvalue weighted by molar-refractivity contribution is 9.09. The summed E-state index contributed by atoms with van der Waals surface area (Å²) in [5.41, 5.74) is 5.11. The van der Waals surface area contributed by atoms with Crippen molar-refractivity contribution in [2.24, 2.45) is 11.7 Å². The van der Waals surface area contributed by atoms with Crippen molar-refractivity contribution in [3.8, 4) is 0 Å². The van der Waals surface area contributed by atoms with E-state index in [2.05, 4.69) is 15.9 Å². The fourth-order valence-electron chi connectivity index (χ4n) is 1.37. The minimum Gasteiger partial charge on any atom is -0.392 e. The van der Waals surface area contributed by atoms with Crippen LogP contribution in [0.15, 0.2) is 0 Å². The SMILES string of the molecule is NC(=O)[C@@H]1CC[C@H](Br)[C@H](O)C1. The third-order valence-electron chi connectivity index (χ3n) is 2.14. The minimum absolute atomic E-state index is 0.126. The third kappa shape index (κ3) is 2.17. The lowest BCUT2D eigenvalue weighted by Gasteiger charge is -2.27. The van der Waals surface area contributed by atoms with Crippen LogP contribution in [0.5, 0.6) is 0 Å². The smallest absolute Gasteiger partial charge is 0.220 e. The first-order valence-corrected chi connectivity index (χ1v) is 4.64. The van der Waals surface area contributed by atoms with Gasteiger partial charge < -0.3 is 10.8 Å². The highest BCUT2D eigenvalue weighted by Crippen LogP contribution is 2.28. The van der Waals surface area contributed by atoms with Crippen molar-refractivity contribution in [3.05, 3.63) is 0 Å². The molecular formula is C7H12BrNO2. The molecule has 0 aromatic heterocycles. The van der Waals surface area contributed by atoms with Crippen molar-refractivity contribution in [1.29, 1.82) is 0 Å². The van der Waals surface area contributed by atoms with E-state index in [1.165, 1.54) is 0 Å². The number of rotatable bonds is 1. The summed E-state index contributed by atoms with van der Waals surface area (Å²) in [5, 5.41) is 9.34. The summed E-state index contributed by atoms with van der Waals surface area (Å²) in [6.45, 7) is 0. The minimum atomic E-state index is -0.416. The van der Waals surface area contributed by atoms with Crippen molar-refractivity contribution in [2.75, 3.05) is 0 Å². The van der Waals surface area contributed by atoms with Gasteiger partial charge in [-0.3, -0.25) is 4.79 Å². The van der Waals surface area contributed by atoms with Gasteiger partial charge in [-0.1, -0.05) is 15.9 Å². The van der Waals surface area contributed by atoms with Gasteiger partial charge in [0.1, 0.15) is 0 Å². The second kappa shape index (κ2) is 3.54. The Morgan fingerprint density at radius 3 is 2.64 bits per heavy atom. The summed E-state index contributed by atoms with van der Waals surface area (Å²) < 4.78 is 0. The monoisotopic (exact) mass is 221 g/mol. The highest BCUT2D eigenvalue weighted by atomic mass is 79.9. The average Bonchev–Trinajstić information content (AvgIpc) is 1.94. The molecule has 1 aliphatic carbocycles. The lowest BCUT2D eigenvalue weighted by molar-refractivity contribution is -0.123. The standard InChI is InChI=1S/C7H12BrNO2/c8-5-2-1-4(7(9)11)3-6(5)10/h4-6,10H,1-3H2,(H2,9,11)/t4-,5+,6-/m1/s1. The van der Waals surface area contributed by atoms with Crippen LogP contribution in [0.1, 0.15) is 19.3 Å². The molecule has 0 saturated heterocycles. The lowest BCUT2D eigenvalue weighted by atomic mass is 9.87. The van der Waals surface area contributed by atoms with Crippen molar-refractivity contribution in [3.63, 3.8) is 0 Å². The molecule has 64 valence electrons. The number of nitrogens with two attached hydrogens (primary N) is 1. The molecule has 0 radical (unpaired) electrons. The largest absolute Gasteiger partial charge is 0.392 e. The van der Waals surface area contributed by atoms with Crippen LogP contribution in [0.4, 0.5) is 0 Å². The zero-order valence-corrected chi connectivity index (χ0v) is 7.75. The maximum absolute atomic E-state index is 10.7. The number of carbonyl (C=O) groups excluding carboxylic acids is 1. The molecule has 4 heteroatoms. The Morgan fingerprint density at radius 2 is 2.18 bits per heavy atom. The fraction of sp³-hybridized carbons (Fsp3) is 0.857. The van der Waals surface area contributed by atoms with Gasteiger partial charge in [0.15, 0.2) is 0 Å². The Morgan fingerprint density at radius 1 is 1.55 bits per heavy atom. The number of amides is 1. The maximum atomic E-state index is 10.7. The predicted octanol–water partition coefficient (Wildman–Crippen LogP) is 0.396. The number of carbonyl (C=O) groups is 1. The van der Waals surface area contributed by atoms with Crippen LogP contribution in [-0.4, -0.2) is 21.9 Å². The summed E-state index contributed by atoms with van der Waals surface area (Å²) in [6, 6.07) is 0. The number of hydrogen-bond donors (Lipinski definition) is 2. The number of hydrogen-bond acceptors (Lipinski definition) is 2. The number of halogens is 1. The third-order valence-corrected chi connectivity index (χ3v) is 3.20. The van der Waals surface area contributed by atoms with Crippen molar-refractivity contribution in [2.45, 2.75) is 30.2 Å². The molecule has 3 N–H and O–H groups in total. The Balaban J connectivity index is 2.46. The topological polar surface area (TPSA) is 63.3 Å². The van der Waals surface area contributed by atoms with E-state index in [0.717, 1.165) is 12.8 Å². The van der Waals surface area contributed by atoms with Gasteiger partial charge in [0, 0.05) is 10.7 Å². The summed E-state index contributed by atoms with van der Waals surface area (Å²) in [4.78, 5) is 10.8. The average molecular weight is 222 g/mol. The molecule has 3 atom stereocenters. The molecule has 0 aromatic rings. The molecule has 0 spiro atoms. The second-order valence-electron chi connectivity index (χ2n) is 3.00. The van der Waals surface area contributed by atoms with Gasteiger partial charge in [0.05, 0.1) is 6.10 Å². The number of primary amides is 1.